The van der Waals surface area contributed by atoms with Crippen molar-refractivity contribution in [3.63, 3.8) is 0 Å². The van der Waals surface area contributed by atoms with Crippen molar-refractivity contribution in [3.05, 3.63) is 105 Å². The van der Waals surface area contributed by atoms with Crippen molar-refractivity contribution >= 4 is 5.78 Å². The Bertz CT molecular complexity index is 896. The van der Waals surface area contributed by atoms with E-state index in [0.717, 1.165) is 16.7 Å². The summed E-state index contributed by atoms with van der Waals surface area (Å²) in [5.74, 6) is 0.0908. The fourth-order valence-corrected chi connectivity index (χ4v) is 2.86. The molecule has 27 heavy (non-hydrogen) atoms. The third kappa shape index (κ3) is 5.40. The molecule has 3 rings (SSSR count). The van der Waals surface area contributed by atoms with Crippen LogP contribution in [0.15, 0.2) is 54.6 Å². The average Bonchev–Trinajstić information content (AvgIpc) is 2.63. The van der Waals surface area contributed by atoms with Crippen molar-refractivity contribution in [2.45, 2.75) is 48.5 Å². The quantitative estimate of drug-likeness (QED) is 0.462. The molecule has 0 aliphatic heterocycles. The molecule has 0 N–H and O–H groups in total. The van der Waals surface area contributed by atoms with Gasteiger partial charge in [0, 0.05) is 11.1 Å². The smallest absolute Gasteiger partial charge is 0.193 e. The summed E-state index contributed by atoms with van der Waals surface area (Å²) in [7, 11) is 0. The SMILES string of the molecule is Cc1cc(C)c(C)cc1C.Cc1ccc(C(=O)c2ccc(C)c(C)c2)cc1. The van der Waals surface area contributed by atoms with Gasteiger partial charge in [0.15, 0.2) is 5.78 Å². The lowest BCUT2D eigenvalue weighted by Crippen LogP contribution is -2.01. The topological polar surface area (TPSA) is 17.1 Å². The average molecular weight is 359 g/mol. The van der Waals surface area contributed by atoms with Crippen LogP contribution in [0.1, 0.15) is 54.9 Å². The monoisotopic (exact) mass is 358 g/mol. The number of rotatable bonds is 2. The summed E-state index contributed by atoms with van der Waals surface area (Å²) in [5, 5.41) is 0. The number of hydrogen-bond acceptors (Lipinski definition) is 1. The first kappa shape index (κ1) is 20.6. The molecule has 0 saturated heterocycles. The van der Waals surface area contributed by atoms with E-state index in [-0.39, 0.29) is 5.78 Å². The largest absolute Gasteiger partial charge is 0.289 e. The van der Waals surface area contributed by atoms with Crippen LogP contribution in [-0.2, 0) is 0 Å². The van der Waals surface area contributed by atoms with E-state index in [1.165, 1.54) is 33.4 Å². The predicted molar refractivity (Wildman–Crippen MR) is 116 cm³/mol. The Balaban J connectivity index is 0.000000223. The Morgan fingerprint density at radius 1 is 0.481 bits per heavy atom. The summed E-state index contributed by atoms with van der Waals surface area (Å²) in [6, 6.07) is 18.0. The summed E-state index contributed by atoms with van der Waals surface area (Å²) < 4.78 is 0. The van der Waals surface area contributed by atoms with Crippen LogP contribution in [-0.4, -0.2) is 5.78 Å². The van der Waals surface area contributed by atoms with Crippen molar-refractivity contribution in [2.75, 3.05) is 0 Å². The zero-order valence-electron chi connectivity index (χ0n) is 17.6. The maximum absolute atomic E-state index is 12.2. The van der Waals surface area contributed by atoms with Gasteiger partial charge in [-0.25, -0.2) is 0 Å². The number of ketones is 1. The zero-order chi connectivity index (χ0) is 20.1. The molecule has 0 bridgehead atoms. The van der Waals surface area contributed by atoms with E-state index >= 15 is 0 Å². The van der Waals surface area contributed by atoms with Crippen LogP contribution < -0.4 is 0 Å². The highest BCUT2D eigenvalue weighted by atomic mass is 16.1. The van der Waals surface area contributed by atoms with E-state index in [1.807, 2.05) is 56.3 Å². The van der Waals surface area contributed by atoms with Crippen molar-refractivity contribution in [1.29, 1.82) is 0 Å². The van der Waals surface area contributed by atoms with E-state index in [2.05, 4.69) is 46.8 Å². The van der Waals surface area contributed by atoms with Crippen molar-refractivity contribution in [2.24, 2.45) is 0 Å². The molecule has 0 unspecified atom stereocenters. The molecule has 140 valence electrons. The molecule has 3 aromatic carbocycles. The molecule has 0 amide bonds. The Kier molecular flexibility index (Phi) is 6.74. The van der Waals surface area contributed by atoms with Gasteiger partial charge in [0.25, 0.3) is 0 Å². The van der Waals surface area contributed by atoms with Gasteiger partial charge in [-0.3, -0.25) is 4.79 Å². The van der Waals surface area contributed by atoms with Crippen molar-refractivity contribution in [1.82, 2.24) is 0 Å². The van der Waals surface area contributed by atoms with Gasteiger partial charge in [-0.15, -0.1) is 0 Å². The highest BCUT2D eigenvalue weighted by Crippen LogP contribution is 2.15. The molecule has 0 radical (unpaired) electrons. The lowest BCUT2D eigenvalue weighted by atomic mass is 9.99. The van der Waals surface area contributed by atoms with Gasteiger partial charge in [-0.1, -0.05) is 54.1 Å². The van der Waals surface area contributed by atoms with Gasteiger partial charge < -0.3 is 0 Å². The van der Waals surface area contributed by atoms with Crippen LogP contribution in [0.3, 0.4) is 0 Å². The van der Waals surface area contributed by atoms with Crippen LogP contribution in [0.4, 0.5) is 0 Å². The normalized spacial score (nSPS) is 10.2. The van der Waals surface area contributed by atoms with Gasteiger partial charge in [0.2, 0.25) is 0 Å². The van der Waals surface area contributed by atoms with Crippen LogP contribution in [0.25, 0.3) is 0 Å². The first-order chi connectivity index (χ1) is 12.7. The molecule has 0 aliphatic rings. The van der Waals surface area contributed by atoms with Crippen molar-refractivity contribution in [3.8, 4) is 0 Å². The molecule has 0 aromatic heterocycles. The van der Waals surface area contributed by atoms with Gasteiger partial charge in [-0.2, -0.15) is 0 Å². The molecule has 1 heteroatoms. The lowest BCUT2D eigenvalue weighted by Gasteiger charge is -2.05. The lowest BCUT2D eigenvalue weighted by molar-refractivity contribution is 0.103. The highest BCUT2D eigenvalue weighted by molar-refractivity contribution is 6.09. The van der Waals surface area contributed by atoms with E-state index in [9.17, 15) is 4.79 Å². The van der Waals surface area contributed by atoms with Crippen LogP contribution >= 0.6 is 0 Å². The summed E-state index contributed by atoms with van der Waals surface area (Å²) in [6.07, 6.45) is 0. The molecule has 3 aromatic rings. The molecule has 0 spiro atoms. The van der Waals surface area contributed by atoms with E-state index in [1.54, 1.807) is 0 Å². The maximum Gasteiger partial charge on any atom is 0.193 e. The van der Waals surface area contributed by atoms with Crippen molar-refractivity contribution < 1.29 is 4.79 Å². The van der Waals surface area contributed by atoms with Gasteiger partial charge in [0.05, 0.1) is 0 Å². The third-order valence-electron chi connectivity index (χ3n) is 5.19. The Hall–Kier alpha value is -2.67. The standard InChI is InChI=1S/C16H16O.C10H14/c1-11-4-7-14(8-5-11)16(17)15-9-6-12(2)13(3)10-15;1-7-5-9(3)10(4)6-8(7)2/h4-10H,1-3H3;5-6H,1-4H3. The number of aryl methyl sites for hydroxylation is 7. The Morgan fingerprint density at radius 3 is 1.33 bits per heavy atom. The molecule has 1 nitrogen and oxygen atoms in total. The zero-order valence-corrected chi connectivity index (χ0v) is 17.6. The molecule has 0 atom stereocenters. The van der Waals surface area contributed by atoms with Gasteiger partial charge in [-0.05, 0) is 87.9 Å². The minimum absolute atomic E-state index is 0.0908. The molecular formula is C26H30O. The summed E-state index contributed by atoms with van der Waals surface area (Å²) >= 11 is 0. The molecule has 0 fully saturated rings. The first-order valence-corrected chi connectivity index (χ1v) is 9.42. The van der Waals surface area contributed by atoms with E-state index < -0.39 is 0 Å². The van der Waals surface area contributed by atoms with E-state index in [0.29, 0.717) is 0 Å². The van der Waals surface area contributed by atoms with Gasteiger partial charge >= 0.3 is 0 Å². The fraction of sp³-hybridized carbons (Fsp3) is 0.269. The van der Waals surface area contributed by atoms with Gasteiger partial charge in [0.1, 0.15) is 0 Å². The molecule has 0 saturated carbocycles. The highest BCUT2D eigenvalue weighted by Gasteiger charge is 2.09. The second-order valence-corrected chi connectivity index (χ2v) is 7.51. The fourth-order valence-electron chi connectivity index (χ4n) is 2.86. The van der Waals surface area contributed by atoms with E-state index in [4.69, 9.17) is 0 Å². The summed E-state index contributed by atoms with van der Waals surface area (Å²) in [4.78, 5) is 12.2. The third-order valence-corrected chi connectivity index (χ3v) is 5.19. The van der Waals surface area contributed by atoms with Crippen LogP contribution in [0.2, 0.25) is 0 Å². The Morgan fingerprint density at radius 2 is 0.889 bits per heavy atom. The summed E-state index contributed by atoms with van der Waals surface area (Å²) in [5.41, 5.74) is 10.6. The second kappa shape index (κ2) is 8.81. The second-order valence-electron chi connectivity index (χ2n) is 7.51. The number of carbonyl (C=O) groups excluding carboxylic acids is 1. The predicted octanol–water partition coefficient (Wildman–Crippen LogP) is 6.76. The first-order valence-electron chi connectivity index (χ1n) is 9.42. The number of hydrogen-bond donors (Lipinski definition) is 0. The number of benzene rings is 3. The summed E-state index contributed by atoms with van der Waals surface area (Å²) in [6.45, 7) is 14.7. The molecule has 0 heterocycles. The maximum atomic E-state index is 12.2. The minimum Gasteiger partial charge on any atom is -0.289 e. The Labute approximate surface area is 164 Å². The van der Waals surface area contributed by atoms with Crippen LogP contribution in [0, 0.1) is 48.5 Å². The molecular weight excluding hydrogens is 328 g/mol. The molecule has 0 aliphatic carbocycles. The minimum atomic E-state index is 0.0908. The number of carbonyl (C=O) groups is 1. The van der Waals surface area contributed by atoms with Crippen LogP contribution in [0.5, 0.6) is 0 Å².